The van der Waals surface area contributed by atoms with Gasteiger partial charge in [0.2, 0.25) is 0 Å². The summed E-state index contributed by atoms with van der Waals surface area (Å²) in [4.78, 5) is 32.5. The van der Waals surface area contributed by atoms with Gasteiger partial charge in [-0.1, -0.05) is 35.6 Å². The molecule has 11 heteroatoms. The molecule has 0 saturated carbocycles. The molecule has 1 aromatic heterocycles. The minimum absolute atomic E-state index is 0.0714. The van der Waals surface area contributed by atoms with Crippen molar-refractivity contribution in [2.24, 2.45) is 4.99 Å². The van der Waals surface area contributed by atoms with Crippen molar-refractivity contribution in [3.05, 3.63) is 118 Å². The molecule has 1 aliphatic heterocycles. The summed E-state index contributed by atoms with van der Waals surface area (Å²) in [7, 11) is 1.55. The van der Waals surface area contributed by atoms with Gasteiger partial charge >= 0.3 is 5.97 Å². The molecule has 4 aromatic rings. The molecule has 1 aliphatic rings. The van der Waals surface area contributed by atoms with Crippen molar-refractivity contribution in [2.75, 3.05) is 13.7 Å². The molecule has 1 atom stereocenters. The Morgan fingerprint density at radius 3 is 2.50 bits per heavy atom. The van der Waals surface area contributed by atoms with Crippen LogP contribution in [-0.2, 0) is 16.1 Å². The molecule has 0 bridgehead atoms. The number of ether oxygens (including phenoxy) is 4. The molecule has 0 N–H and O–H groups in total. The first-order valence-corrected chi connectivity index (χ1v) is 16.2. The Balaban J connectivity index is 1.53. The molecule has 0 unspecified atom stereocenters. The van der Waals surface area contributed by atoms with Crippen LogP contribution in [0.1, 0.15) is 56.0 Å². The zero-order chi connectivity index (χ0) is 33.0. The van der Waals surface area contributed by atoms with Crippen LogP contribution < -0.4 is 29.1 Å². The predicted molar refractivity (Wildman–Crippen MR) is 179 cm³/mol. The number of benzene rings is 3. The normalized spacial score (nSPS) is 14.4. The number of nitrogens with zero attached hydrogens (tertiary/aromatic N) is 3. The molecule has 0 spiro atoms. The highest BCUT2D eigenvalue weighted by Gasteiger charge is 2.34. The van der Waals surface area contributed by atoms with Crippen molar-refractivity contribution in [2.45, 2.75) is 46.4 Å². The van der Waals surface area contributed by atoms with Crippen LogP contribution in [-0.4, -0.2) is 30.4 Å². The molecular formula is C35H32BrN3O6S. The van der Waals surface area contributed by atoms with E-state index in [1.54, 1.807) is 51.3 Å². The molecule has 9 nitrogen and oxygen atoms in total. The summed E-state index contributed by atoms with van der Waals surface area (Å²) in [5.41, 5.74) is 3.43. The van der Waals surface area contributed by atoms with E-state index in [-0.39, 0.29) is 23.8 Å². The number of methoxy groups -OCH3 is 1. The largest absolute Gasteiger partial charge is 0.493 e. The van der Waals surface area contributed by atoms with Crippen molar-refractivity contribution < 1.29 is 23.7 Å². The van der Waals surface area contributed by atoms with Crippen LogP contribution in [0.5, 0.6) is 17.2 Å². The first kappa shape index (κ1) is 32.7. The molecule has 5 rings (SSSR count). The third-order valence-corrected chi connectivity index (χ3v) is 8.72. The highest BCUT2D eigenvalue weighted by atomic mass is 79.9. The standard InChI is InChI=1S/C35H32BrN3O6S/c1-6-43-34(41)31-21(4)38-35-39(32(31)25-12-14-28(45-20(2)3)29(17-25)42-5)33(40)30(46-35)16-24-11-13-27(26(36)15-24)44-19-23-9-7-22(18-37)8-10-23/h7-17,20,32H,6,19H2,1-5H3/b30-16+/t32-/m1/s1. The summed E-state index contributed by atoms with van der Waals surface area (Å²) in [6.07, 6.45) is 1.72. The van der Waals surface area contributed by atoms with Gasteiger partial charge in [0.15, 0.2) is 16.3 Å². The van der Waals surface area contributed by atoms with Crippen molar-refractivity contribution in [3.63, 3.8) is 0 Å². The fourth-order valence-electron chi connectivity index (χ4n) is 5.02. The molecule has 3 aromatic carbocycles. The Bertz CT molecular complexity index is 2040. The maximum Gasteiger partial charge on any atom is 0.338 e. The third-order valence-electron chi connectivity index (χ3n) is 7.11. The quantitative estimate of drug-likeness (QED) is 0.192. The zero-order valence-electron chi connectivity index (χ0n) is 26.0. The molecular weight excluding hydrogens is 670 g/mol. The van der Waals surface area contributed by atoms with Crippen LogP contribution in [0.2, 0.25) is 0 Å². The van der Waals surface area contributed by atoms with Gasteiger partial charge in [-0.15, -0.1) is 0 Å². The number of thiazole rings is 1. The van der Waals surface area contributed by atoms with Gasteiger partial charge in [0, 0.05) is 0 Å². The number of nitriles is 1. The first-order chi connectivity index (χ1) is 22.1. The van der Waals surface area contributed by atoms with Gasteiger partial charge in [-0.05, 0) is 103 Å². The summed E-state index contributed by atoms with van der Waals surface area (Å²) in [6.45, 7) is 7.84. The van der Waals surface area contributed by atoms with E-state index >= 15 is 0 Å². The zero-order valence-corrected chi connectivity index (χ0v) is 28.4. The van der Waals surface area contributed by atoms with Crippen molar-refractivity contribution in [3.8, 4) is 23.3 Å². The highest BCUT2D eigenvalue weighted by Crippen LogP contribution is 2.36. The van der Waals surface area contributed by atoms with E-state index in [9.17, 15) is 9.59 Å². The third kappa shape index (κ3) is 6.93. The topological polar surface area (TPSA) is 112 Å². The smallest absolute Gasteiger partial charge is 0.338 e. The lowest BCUT2D eigenvalue weighted by molar-refractivity contribution is -0.139. The lowest BCUT2D eigenvalue weighted by atomic mass is 9.95. The van der Waals surface area contributed by atoms with Crippen LogP contribution in [0.3, 0.4) is 0 Å². The van der Waals surface area contributed by atoms with Crippen LogP contribution in [0.25, 0.3) is 6.08 Å². The van der Waals surface area contributed by atoms with Crippen molar-refractivity contribution in [1.82, 2.24) is 4.57 Å². The highest BCUT2D eigenvalue weighted by molar-refractivity contribution is 9.10. The minimum Gasteiger partial charge on any atom is -0.493 e. The fraction of sp³-hybridized carbons (Fsp3) is 0.257. The van der Waals surface area contributed by atoms with E-state index in [0.717, 1.165) is 15.6 Å². The number of allylic oxidation sites excluding steroid dienone is 1. The number of rotatable bonds is 10. The van der Waals surface area contributed by atoms with Crippen molar-refractivity contribution >= 4 is 39.3 Å². The summed E-state index contributed by atoms with van der Waals surface area (Å²) >= 11 is 4.83. The molecule has 236 valence electrons. The summed E-state index contributed by atoms with van der Waals surface area (Å²) in [6, 6.07) is 19.5. The number of hydrogen-bond acceptors (Lipinski definition) is 9. The molecule has 46 heavy (non-hydrogen) atoms. The minimum atomic E-state index is -0.788. The molecule has 0 aliphatic carbocycles. The number of fused-ring (bicyclic) bond motifs is 1. The second-order valence-corrected chi connectivity index (χ2v) is 12.5. The van der Waals surface area contributed by atoms with Gasteiger partial charge in [0.1, 0.15) is 12.4 Å². The summed E-state index contributed by atoms with van der Waals surface area (Å²) in [5.74, 6) is 1.14. The van der Waals surface area contributed by atoms with Crippen LogP contribution in [0.4, 0.5) is 0 Å². The first-order valence-electron chi connectivity index (χ1n) is 14.6. The van der Waals surface area contributed by atoms with E-state index in [0.29, 0.717) is 50.0 Å². The number of aromatic nitrogens is 1. The van der Waals surface area contributed by atoms with Crippen LogP contribution >= 0.6 is 27.3 Å². The predicted octanol–water partition coefficient (Wildman–Crippen LogP) is 5.81. The monoisotopic (exact) mass is 701 g/mol. The van der Waals surface area contributed by atoms with Gasteiger partial charge in [-0.2, -0.15) is 5.26 Å². The van der Waals surface area contributed by atoms with Gasteiger partial charge in [0.25, 0.3) is 5.56 Å². The molecule has 0 amide bonds. The van der Waals surface area contributed by atoms with Gasteiger partial charge in [0.05, 0.1) is 57.8 Å². The Morgan fingerprint density at radius 2 is 1.85 bits per heavy atom. The SMILES string of the molecule is CCOC(=O)C1=C(C)N=c2s/c(=C/c3ccc(OCc4ccc(C#N)cc4)c(Br)c3)c(=O)n2[C@@H]1c1ccc(OC(C)C)c(OC)c1. The maximum absolute atomic E-state index is 14.1. The van der Waals surface area contributed by atoms with E-state index < -0.39 is 12.0 Å². The number of esters is 1. The average Bonchev–Trinajstić information content (AvgIpc) is 3.33. The van der Waals surface area contributed by atoms with Crippen molar-refractivity contribution in [1.29, 1.82) is 5.26 Å². The summed E-state index contributed by atoms with van der Waals surface area (Å²) in [5, 5.41) is 9.01. The lowest BCUT2D eigenvalue weighted by Crippen LogP contribution is -2.40. The molecule has 0 radical (unpaired) electrons. The molecule has 0 fully saturated rings. The maximum atomic E-state index is 14.1. The number of hydrogen-bond donors (Lipinski definition) is 0. The van der Waals surface area contributed by atoms with Crippen LogP contribution in [0.15, 0.2) is 86.2 Å². The summed E-state index contributed by atoms with van der Waals surface area (Å²) < 4.78 is 25.6. The Kier molecular flexibility index (Phi) is 10.1. The van der Waals surface area contributed by atoms with E-state index in [4.69, 9.17) is 24.2 Å². The Labute approximate surface area is 278 Å². The second-order valence-electron chi connectivity index (χ2n) is 10.7. The van der Waals surface area contributed by atoms with Gasteiger partial charge < -0.3 is 18.9 Å². The number of carbonyl (C=O) groups excluding carboxylic acids is 1. The molecule has 0 saturated heterocycles. The number of carbonyl (C=O) groups is 1. The average molecular weight is 703 g/mol. The van der Waals surface area contributed by atoms with Crippen LogP contribution in [0, 0.1) is 11.3 Å². The van der Waals surface area contributed by atoms with Gasteiger partial charge in [-0.3, -0.25) is 9.36 Å². The second kappa shape index (κ2) is 14.2. The van der Waals surface area contributed by atoms with E-state index in [1.807, 2.05) is 50.2 Å². The number of halogens is 1. The molecule has 2 heterocycles. The fourth-order valence-corrected chi connectivity index (χ4v) is 6.58. The Hall–Kier alpha value is -4.66. The van der Waals surface area contributed by atoms with E-state index in [2.05, 4.69) is 27.0 Å². The Morgan fingerprint density at radius 1 is 1.11 bits per heavy atom. The van der Waals surface area contributed by atoms with E-state index in [1.165, 1.54) is 15.9 Å². The lowest BCUT2D eigenvalue weighted by Gasteiger charge is -2.25. The van der Waals surface area contributed by atoms with Gasteiger partial charge in [-0.25, -0.2) is 9.79 Å².